The lowest BCUT2D eigenvalue weighted by molar-refractivity contribution is -0.136. The molecule has 0 bridgehead atoms. The first kappa shape index (κ1) is 18.4. The van der Waals surface area contributed by atoms with Gasteiger partial charge < -0.3 is 15.7 Å². The van der Waals surface area contributed by atoms with Crippen LogP contribution in [0.2, 0.25) is 5.02 Å². The number of anilines is 1. The van der Waals surface area contributed by atoms with Gasteiger partial charge in [-0.3, -0.25) is 9.59 Å². The minimum atomic E-state index is -1.05. The zero-order valence-corrected chi connectivity index (χ0v) is 15.3. The van der Waals surface area contributed by atoms with Gasteiger partial charge in [-0.05, 0) is 48.6 Å². The number of aliphatic hydroxyl groups is 1. The van der Waals surface area contributed by atoms with E-state index in [9.17, 15) is 14.7 Å². The van der Waals surface area contributed by atoms with Crippen LogP contribution in [0.4, 0.5) is 5.69 Å². The van der Waals surface area contributed by atoms with Crippen LogP contribution in [0.1, 0.15) is 23.1 Å². The number of halogens is 1. The van der Waals surface area contributed by atoms with Crippen molar-refractivity contribution in [3.8, 4) is 0 Å². The zero-order valence-electron chi connectivity index (χ0n) is 14.5. The van der Waals surface area contributed by atoms with E-state index in [4.69, 9.17) is 11.6 Å². The molecule has 0 radical (unpaired) electrons. The molecule has 0 spiro atoms. The highest BCUT2D eigenvalue weighted by Crippen LogP contribution is 2.28. The Balaban J connectivity index is 1.58. The van der Waals surface area contributed by atoms with E-state index < -0.39 is 17.4 Å². The van der Waals surface area contributed by atoms with Crippen LogP contribution in [0, 0.1) is 6.92 Å². The second kappa shape index (κ2) is 7.48. The third kappa shape index (κ3) is 4.06. The van der Waals surface area contributed by atoms with Crippen LogP contribution in [0.25, 0.3) is 0 Å². The third-order valence-electron chi connectivity index (χ3n) is 4.80. The first-order valence-corrected chi connectivity index (χ1v) is 8.89. The maximum Gasteiger partial charge on any atom is 0.313 e. The van der Waals surface area contributed by atoms with Gasteiger partial charge in [0.05, 0.1) is 5.60 Å². The van der Waals surface area contributed by atoms with Crippen molar-refractivity contribution in [1.29, 1.82) is 0 Å². The fraction of sp³-hybridized carbons (Fsp3) is 0.300. The van der Waals surface area contributed by atoms with Crippen LogP contribution < -0.4 is 10.6 Å². The number of amides is 2. The monoisotopic (exact) mass is 372 g/mol. The minimum absolute atomic E-state index is 0.0299. The van der Waals surface area contributed by atoms with E-state index in [1.807, 2.05) is 24.3 Å². The largest absolute Gasteiger partial charge is 0.388 e. The third-order valence-corrected chi connectivity index (χ3v) is 5.21. The molecule has 0 saturated heterocycles. The molecule has 0 fully saturated rings. The molecular weight excluding hydrogens is 352 g/mol. The van der Waals surface area contributed by atoms with E-state index in [1.165, 1.54) is 5.56 Å². The molecule has 3 N–H and O–H groups in total. The summed E-state index contributed by atoms with van der Waals surface area (Å²) in [4.78, 5) is 24.2. The van der Waals surface area contributed by atoms with Crippen molar-refractivity contribution in [3.05, 3.63) is 64.2 Å². The summed E-state index contributed by atoms with van der Waals surface area (Å²) < 4.78 is 0. The molecule has 1 aliphatic carbocycles. The van der Waals surface area contributed by atoms with E-state index in [0.29, 0.717) is 29.1 Å². The van der Waals surface area contributed by atoms with E-state index in [1.54, 1.807) is 25.1 Å². The summed E-state index contributed by atoms with van der Waals surface area (Å²) in [5, 5.41) is 16.4. The van der Waals surface area contributed by atoms with Crippen LogP contribution in [0.3, 0.4) is 0 Å². The quantitative estimate of drug-likeness (QED) is 0.725. The summed E-state index contributed by atoms with van der Waals surface area (Å²) >= 11 is 6.01. The van der Waals surface area contributed by atoms with Gasteiger partial charge >= 0.3 is 11.8 Å². The van der Waals surface area contributed by atoms with Crippen LogP contribution in [0.5, 0.6) is 0 Å². The van der Waals surface area contributed by atoms with Crippen molar-refractivity contribution in [3.63, 3.8) is 0 Å². The number of fused-ring (bicyclic) bond motifs is 1. The van der Waals surface area contributed by atoms with E-state index >= 15 is 0 Å². The molecular formula is C20H21ClN2O3. The smallest absolute Gasteiger partial charge is 0.313 e. The summed E-state index contributed by atoms with van der Waals surface area (Å²) in [6, 6.07) is 13.0. The van der Waals surface area contributed by atoms with Crippen molar-refractivity contribution in [2.24, 2.45) is 0 Å². The van der Waals surface area contributed by atoms with Gasteiger partial charge in [-0.25, -0.2) is 0 Å². The van der Waals surface area contributed by atoms with Crippen molar-refractivity contribution in [2.45, 2.75) is 31.8 Å². The number of hydrogen-bond acceptors (Lipinski definition) is 3. The molecule has 5 nitrogen and oxygen atoms in total. The molecule has 2 amide bonds. The predicted octanol–water partition coefficient (Wildman–Crippen LogP) is 2.62. The van der Waals surface area contributed by atoms with Crippen molar-refractivity contribution in [1.82, 2.24) is 5.32 Å². The first-order chi connectivity index (χ1) is 12.4. The fourth-order valence-electron chi connectivity index (χ4n) is 3.18. The Bertz CT molecular complexity index is 853. The lowest BCUT2D eigenvalue weighted by atomic mass is 9.80. The average Bonchev–Trinajstić information content (AvgIpc) is 2.63. The summed E-state index contributed by atoms with van der Waals surface area (Å²) in [7, 11) is 0. The number of carbonyl (C=O) groups is 2. The average molecular weight is 373 g/mol. The van der Waals surface area contributed by atoms with Gasteiger partial charge in [-0.15, -0.1) is 0 Å². The van der Waals surface area contributed by atoms with Crippen molar-refractivity contribution >= 4 is 29.1 Å². The maximum atomic E-state index is 12.1. The Morgan fingerprint density at radius 3 is 2.62 bits per heavy atom. The molecule has 0 saturated carbocycles. The van der Waals surface area contributed by atoms with Crippen LogP contribution in [-0.4, -0.2) is 29.1 Å². The Kier molecular flexibility index (Phi) is 5.30. The summed E-state index contributed by atoms with van der Waals surface area (Å²) in [5.74, 6) is -1.56. The van der Waals surface area contributed by atoms with Crippen molar-refractivity contribution < 1.29 is 14.7 Å². The lowest BCUT2D eigenvalue weighted by Gasteiger charge is -2.33. The highest BCUT2D eigenvalue weighted by molar-refractivity contribution is 6.40. The molecule has 1 unspecified atom stereocenters. The van der Waals surface area contributed by atoms with Crippen LogP contribution in [0.15, 0.2) is 42.5 Å². The molecule has 0 heterocycles. The number of aryl methyl sites for hydroxylation is 1. The highest BCUT2D eigenvalue weighted by Gasteiger charge is 2.33. The van der Waals surface area contributed by atoms with Gasteiger partial charge in [0.25, 0.3) is 0 Å². The van der Waals surface area contributed by atoms with Gasteiger partial charge in [0, 0.05) is 23.7 Å². The molecule has 1 aliphatic rings. The van der Waals surface area contributed by atoms with E-state index in [0.717, 1.165) is 12.0 Å². The number of carbonyl (C=O) groups excluding carboxylic acids is 2. The van der Waals surface area contributed by atoms with Gasteiger partial charge in [0.2, 0.25) is 0 Å². The zero-order chi connectivity index (χ0) is 18.7. The lowest BCUT2D eigenvalue weighted by Crippen LogP contribution is -2.49. The normalized spacial score (nSPS) is 18.7. The topological polar surface area (TPSA) is 78.4 Å². The number of nitrogens with one attached hydrogen (secondary N) is 2. The standard InChI is InChI=1S/C20H21ClN2O3/c1-13-16(21)7-4-8-17(13)23-19(25)18(24)22-12-20(26)10-9-14-5-2-3-6-15(14)11-20/h2-8,26H,9-12H2,1H3,(H,22,24)(H,23,25). The van der Waals surface area contributed by atoms with E-state index in [-0.39, 0.29) is 6.54 Å². The fourth-order valence-corrected chi connectivity index (χ4v) is 3.36. The van der Waals surface area contributed by atoms with Gasteiger partial charge in [0.1, 0.15) is 0 Å². The number of benzene rings is 2. The van der Waals surface area contributed by atoms with Gasteiger partial charge in [-0.2, -0.15) is 0 Å². The molecule has 2 aromatic carbocycles. The van der Waals surface area contributed by atoms with Crippen LogP contribution in [-0.2, 0) is 22.4 Å². The molecule has 3 rings (SSSR count). The second-order valence-electron chi connectivity index (χ2n) is 6.72. The molecule has 0 aromatic heterocycles. The second-order valence-corrected chi connectivity index (χ2v) is 7.13. The van der Waals surface area contributed by atoms with Gasteiger partial charge in [0.15, 0.2) is 0 Å². The molecule has 0 aliphatic heterocycles. The number of rotatable bonds is 3. The molecule has 2 aromatic rings. The molecule has 136 valence electrons. The molecule has 6 heteroatoms. The maximum absolute atomic E-state index is 12.1. The predicted molar refractivity (Wildman–Crippen MR) is 101 cm³/mol. The van der Waals surface area contributed by atoms with Crippen LogP contribution >= 0.6 is 11.6 Å². The Hall–Kier alpha value is -2.37. The van der Waals surface area contributed by atoms with Crippen molar-refractivity contribution in [2.75, 3.05) is 11.9 Å². The summed E-state index contributed by atoms with van der Waals surface area (Å²) in [5.41, 5.74) is 2.43. The SMILES string of the molecule is Cc1c(Cl)cccc1NC(=O)C(=O)NCC1(O)CCc2ccccc2C1. The minimum Gasteiger partial charge on any atom is -0.388 e. The first-order valence-electron chi connectivity index (χ1n) is 8.51. The Morgan fingerprint density at radius 2 is 1.85 bits per heavy atom. The highest BCUT2D eigenvalue weighted by atomic mass is 35.5. The Morgan fingerprint density at radius 1 is 1.12 bits per heavy atom. The number of hydrogen-bond donors (Lipinski definition) is 3. The molecule has 26 heavy (non-hydrogen) atoms. The van der Waals surface area contributed by atoms with E-state index in [2.05, 4.69) is 10.6 Å². The summed E-state index contributed by atoms with van der Waals surface area (Å²) in [6.45, 7) is 1.79. The van der Waals surface area contributed by atoms with Gasteiger partial charge in [-0.1, -0.05) is 41.9 Å². The summed E-state index contributed by atoms with van der Waals surface area (Å²) in [6.07, 6.45) is 1.74. The Labute approximate surface area is 157 Å². The molecule has 1 atom stereocenters.